The Kier molecular flexibility index (Phi) is 5.80. The molecule has 3 nitrogen and oxygen atoms in total. The third-order valence-electron chi connectivity index (χ3n) is 4.19. The van der Waals surface area contributed by atoms with Crippen LogP contribution in [0.2, 0.25) is 0 Å². The van der Waals surface area contributed by atoms with Gasteiger partial charge in [-0.15, -0.1) is 0 Å². The summed E-state index contributed by atoms with van der Waals surface area (Å²) in [6, 6.07) is 9.06. The van der Waals surface area contributed by atoms with Crippen LogP contribution in [0, 0.1) is 0 Å². The highest BCUT2D eigenvalue weighted by Gasteiger charge is 2.32. The minimum atomic E-state index is 0.00576. The van der Waals surface area contributed by atoms with Crippen LogP contribution in [0.1, 0.15) is 57.1 Å². The standard InChI is InChI=1S/C18H28N2O/c1-3-5-16(19)12-18(21)20(17-10-11-17)13-15-8-6-14(4-2)7-9-15/h6-9,16-17H,3-5,10-13,19H2,1-2H3. The molecule has 0 bridgehead atoms. The molecule has 0 heterocycles. The summed E-state index contributed by atoms with van der Waals surface area (Å²) in [5.41, 5.74) is 8.59. The Hall–Kier alpha value is -1.35. The summed E-state index contributed by atoms with van der Waals surface area (Å²) in [5, 5.41) is 0. The highest BCUT2D eigenvalue weighted by Crippen LogP contribution is 2.29. The Morgan fingerprint density at radius 2 is 1.86 bits per heavy atom. The SMILES string of the molecule is CCCC(N)CC(=O)N(Cc1ccc(CC)cc1)C1CC1. The summed E-state index contributed by atoms with van der Waals surface area (Å²) < 4.78 is 0. The van der Waals surface area contributed by atoms with Gasteiger partial charge in [0, 0.05) is 25.0 Å². The number of benzene rings is 1. The summed E-state index contributed by atoms with van der Waals surface area (Å²) >= 11 is 0. The Balaban J connectivity index is 1.96. The molecule has 2 N–H and O–H groups in total. The quantitative estimate of drug-likeness (QED) is 0.798. The molecule has 1 atom stereocenters. The van der Waals surface area contributed by atoms with Crippen LogP contribution in [0.25, 0.3) is 0 Å². The maximum Gasteiger partial charge on any atom is 0.224 e. The highest BCUT2D eigenvalue weighted by molar-refractivity contribution is 5.77. The van der Waals surface area contributed by atoms with E-state index in [9.17, 15) is 4.79 Å². The van der Waals surface area contributed by atoms with Crippen molar-refractivity contribution < 1.29 is 4.79 Å². The average molecular weight is 288 g/mol. The number of amides is 1. The van der Waals surface area contributed by atoms with Crippen LogP contribution in [0.3, 0.4) is 0 Å². The highest BCUT2D eigenvalue weighted by atomic mass is 16.2. The van der Waals surface area contributed by atoms with E-state index in [0.29, 0.717) is 12.5 Å². The van der Waals surface area contributed by atoms with Crippen LogP contribution in [0.15, 0.2) is 24.3 Å². The van der Waals surface area contributed by atoms with Crippen LogP contribution >= 0.6 is 0 Å². The topological polar surface area (TPSA) is 46.3 Å². The molecule has 116 valence electrons. The zero-order valence-corrected chi connectivity index (χ0v) is 13.3. The Morgan fingerprint density at radius 3 is 2.38 bits per heavy atom. The van der Waals surface area contributed by atoms with Crippen molar-refractivity contribution in [3.8, 4) is 0 Å². The molecule has 1 aromatic carbocycles. The molecule has 0 spiro atoms. The lowest BCUT2D eigenvalue weighted by Gasteiger charge is -2.24. The van der Waals surface area contributed by atoms with E-state index in [2.05, 4.69) is 38.1 Å². The Bertz CT molecular complexity index is 451. The van der Waals surface area contributed by atoms with Gasteiger partial charge in [-0.25, -0.2) is 0 Å². The number of nitrogens with two attached hydrogens (primary N) is 1. The second-order valence-corrected chi connectivity index (χ2v) is 6.18. The largest absolute Gasteiger partial charge is 0.335 e. The van der Waals surface area contributed by atoms with Gasteiger partial charge in [-0.1, -0.05) is 44.5 Å². The van der Waals surface area contributed by atoms with Crippen molar-refractivity contribution in [3.63, 3.8) is 0 Å². The molecular formula is C18H28N2O. The van der Waals surface area contributed by atoms with Gasteiger partial charge in [-0.2, -0.15) is 0 Å². The first-order chi connectivity index (χ1) is 10.1. The number of carbonyl (C=O) groups is 1. The molecule has 0 aromatic heterocycles. The van der Waals surface area contributed by atoms with Gasteiger partial charge in [-0.05, 0) is 36.8 Å². The van der Waals surface area contributed by atoms with Gasteiger partial charge in [0.1, 0.15) is 0 Å². The number of aryl methyl sites for hydroxylation is 1. The minimum absolute atomic E-state index is 0.00576. The lowest BCUT2D eigenvalue weighted by Crippen LogP contribution is -2.37. The summed E-state index contributed by atoms with van der Waals surface area (Å²) in [5.74, 6) is 0.220. The lowest BCUT2D eigenvalue weighted by molar-refractivity contribution is -0.132. The summed E-state index contributed by atoms with van der Waals surface area (Å²) in [7, 11) is 0. The second-order valence-electron chi connectivity index (χ2n) is 6.18. The molecule has 0 radical (unpaired) electrons. The fourth-order valence-electron chi connectivity index (χ4n) is 2.70. The first-order valence-electron chi connectivity index (χ1n) is 8.26. The van der Waals surface area contributed by atoms with Crippen molar-refractivity contribution in [2.24, 2.45) is 5.73 Å². The van der Waals surface area contributed by atoms with Gasteiger partial charge in [0.15, 0.2) is 0 Å². The predicted octanol–water partition coefficient (Wildman–Crippen LogP) is 3.26. The minimum Gasteiger partial charge on any atom is -0.335 e. The van der Waals surface area contributed by atoms with E-state index in [0.717, 1.165) is 38.6 Å². The van der Waals surface area contributed by atoms with Gasteiger partial charge in [0.2, 0.25) is 5.91 Å². The second kappa shape index (κ2) is 7.60. The van der Waals surface area contributed by atoms with Gasteiger partial charge >= 0.3 is 0 Å². The van der Waals surface area contributed by atoms with Crippen LogP contribution in [0.4, 0.5) is 0 Å². The van der Waals surface area contributed by atoms with E-state index < -0.39 is 0 Å². The van der Waals surface area contributed by atoms with Gasteiger partial charge in [-0.3, -0.25) is 4.79 Å². The molecule has 21 heavy (non-hydrogen) atoms. The molecule has 0 aliphatic heterocycles. The maximum absolute atomic E-state index is 12.5. The van der Waals surface area contributed by atoms with E-state index in [-0.39, 0.29) is 11.9 Å². The van der Waals surface area contributed by atoms with Crippen molar-refractivity contribution in [3.05, 3.63) is 35.4 Å². The molecule has 1 fully saturated rings. The van der Waals surface area contributed by atoms with Crippen molar-refractivity contribution in [1.29, 1.82) is 0 Å². The van der Waals surface area contributed by atoms with Gasteiger partial charge < -0.3 is 10.6 Å². The van der Waals surface area contributed by atoms with E-state index in [1.54, 1.807) is 0 Å². The Labute approximate surface area is 128 Å². The van der Waals surface area contributed by atoms with E-state index >= 15 is 0 Å². The molecule has 1 saturated carbocycles. The molecule has 0 saturated heterocycles. The molecule has 2 rings (SSSR count). The number of hydrogen-bond donors (Lipinski definition) is 1. The van der Waals surface area contributed by atoms with Crippen molar-refractivity contribution in [1.82, 2.24) is 4.90 Å². The van der Waals surface area contributed by atoms with Crippen LogP contribution in [-0.4, -0.2) is 22.9 Å². The zero-order valence-electron chi connectivity index (χ0n) is 13.3. The van der Waals surface area contributed by atoms with Gasteiger partial charge in [0.25, 0.3) is 0 Å². The normalized spacial score (nSPS) is 15.8. The van der Waals surface area contributed by atoms with Crippen LogP contribution in [0.5, 0.6) is 0 Å². The molecular weight excluding hydrogens is 260 g/mol. The smallest absolute Gasteiger partial charge is 0.224 e. The molecule has 1 aromatic rings. The molecule has 1 amide bonds. The van der Waals surface area contributed by atoms with E-state index in [1.807, 2.05) is 4.90 Å². The van der Waals surface area contributed by atoms with Crippen LogP contribution < -0.4 is 5.73 Å². The first-order valence-corrected chi connectivity index (χ1v) is 8.26. The summed E-state index contributed by atoms with van der Waals surface area (Å²) in [6.45, 7) is 4.99. The summed E-state index contributed by atoms with van der Waals surface area (Å²) in [6.07, 6.45) is 5.78. The fourth-order valence-corrected chi connectivity index (χ4v) is 2.70. The van der Waals surface area contributed by atoms with Crippen molar-refractivity contribution >= 4 is 5.91 Å². The third-order valence-corrected chi connectivity index (χ3v) is 4.19. The van der Waals surface area contributed by atoms with Gasteiger partial charge in [0.05, 0.1) is 0 Å². The monoisotopic (exact) mass is 288 g/mol. The predicted molar refractivity (Wildman–Crippen MR) is 86.9 cm³/mol. The molecule has 1 unspecified atom stereocenters. The maximum atomic E-state index is 12.5. The molecule has 1 aliphatic rings. The van der Waals surface area contributed by atoms with Crippen LogP contribution in [-0.2, 0) is 17.8 Å². The zero-order chi connectivity index (χ0) is 15.2. The Morgan fingerprint density at radius 1 is 1.24 bits per heavy atom. The molecule has 3 heteroatoms. The van der Waals surface area contributed by atoms with Crippen molar-refractivity contribution in [2.75, 3.05) is 0 Å². The number of carbonyl (C=O) groups excluding carboxylic acids is 1. The van der Waals surface area contributed by atoms with E-state index in [4.69, 9.17) is 5.73 Å². The summed E-state index contributed by atoms with van der Waals surface area (Å²) in [4.78, 5) is 14.5. The fraction of sp³-hybridized carbons (Fsp3) is 0.611. The lowest BCUT2D eigenvalue weighted by atomic mass is 10.1. The third kappa shape index (κ3) is 4.85. The average Bonchev–Trinajstić information content (AvgIpc) is 3.30. The van der Waals surface area contributed by atoms with E-state index in [1.165, 1.54) is 11.1 Å². The number of hydrogen-bond acceptors (Lipinski definition) is 2. The number of rotatable bonds is 8. The number of nitrogens with zero attached hydrogens (tertiary/aromatic N) is 1. The first kappa shape index (κ1) is 16.0. The van der Waals surface area contributed by atoms with Crippen molar-refractivity contribution in [2.45, 2.75) is 71.0 Å². The molecule has 1 aliphatic carbocycles.